The minimum atomic E-state index is -0.0381. The molecule has 1 aliphatic heterocycles. The van der Waals surface area contributed by atoms with E-state index in [2.05, 4.69) is 15.5 Å². The maximum absolute atomic E-state index is 11.5. The Kier molecular flexibility index (Phi) is 5.56. The molecular weight excluding hydrogens is 218 g/mol. The molecule has 1 saturated heterocycles. The predicted molar refractivity (Wildman–Crippen MR) is 65.7 cm³/mol. The number of anilines is 1. The Morgan fingerprint density at radius 3 is 2.76 bits per heavy atom. The Hall–Kier alpha value is -1.49. The lowest BCUT2D eigenvalue weighted by Crippen LogP contribution is -2.38. The van der Waals surface area contributed by atoms with Gasteiger partial charge in [-0.05, 0) is 18.1 Å². The second-order valence-electron chi connectivity index (χ2n) is 3.53. The average molecular weight is 237 g/mol. The quantitative estimate of drug-likeness (QED) is 0.868. The van der Waals surface area contributed by atoms with Crippen molar-refractivity contribution in [2.45, 2.75) is 27.2 Å². The van der Waals surface area contributed by atoms with Gasteiger partial charge in [0, 0.05) is 0 Å². The highest BCUT2D eigenvalue weighted by atomic mass is 16.5. The van der Waals surface area contributed by atoms with Crippen LogP contribution >= 0.6 is 0 Å². The number of nitrogens with one attached hydrogen (secondary N) is 1. The van der Waals surface area contributed by atoms with Gasteiger partial charge in [0.1, 0.15) is 0 Å². The molecular formula is C12H19N3O2. The van der Waals surface area contributed by atoms with Crippen molar-refractivity contribution >= 4 is 11.7 Å². The first-order valence-electron chi connectivity index (χ1n) is 6.00. The van der Waals surface area contributed by atoms with E-state index in [4.69, 9.17) is 4.74 Å². The number of aromatic nitrogens is 2. The van der Waals surface area contributed by atoms with Crippen LogP contribution in [0.2, 0.25) is 0 Å². The van der Waals surface area contributed by atoms with Gasteiger partial charge in [-0.2, -0.15) is 5.10 Å². The average Bonchev–Trinajstić information content (AvgIpc) is 2.29. The van der Waals surface area contributed by atoms with E-state index >= 15 is 0 Å². The van der Waals surface area contributed by atoms with Crippen molar-refractivity contribution < 1.29 is 9.53 Å². The topological polar surface area (TPSA) is 64.1 Å². The number of ether oxygens (including phenoxy) is 1. The summed E-state index contributed by atoms with van der Waals surface area (Å²) in [6.07, 6.45) is 2.58. The van der Waals surface area contributed by atoms with Crippen LogP contribution in [0.5, 0.6) is 0 Å². The van der Waals surface area contributed by atoms with Crippen LogP contribution in [0.25, 0.3) is 0 Å². The lowest BCUT2D eigenvalue weighted by atomic mass is 10.1. The van der Waals surface area contributed by atoms with Gasteiger partial charge in [0.25, 0.3) is 0 Å². The van der Waals surface area contributed by atoms with E-state index in [0.717, 1.165) is 12.0 Å². The summed E-state index contributed by atoms with van der Waals surface area (Å²) in [7, 11) is 0. The van der Waals surface area contributed by atoms with Crippen molar-refractivity contribution in [2.24, 2.45) is 5.92 Å². The fourth-order valence-corrected chi connectivity index (χ4v) is 1.28. The van der Waals surface area contributed by atoms with Crippen molar-refractivity contribution in [3.8, 4) is 0 Å². The van der Waals surface area contributed by atoms with Gasteiger partial charge < -0.3 is 10.1 Å². The second-order valence-corrected chi connectivity index (χ2v) is 3.53. The normalized spacial score (nSPS) is 14.3. The molecule has 1 aromatic rings. The molecule has 0 aliphatic carbocycles. The van der Waals surface area contributed by atoms with Crippen molar-refractivity contribution in [3.63, 3.8) is 0 Å². The molecule has 0 saturated carbocycles. The molecule has 2 rings (SSSR count). The number of amides is 1. The van der Waals surface area contributed by atoms with Gasteiger partial charge >= 0.3 is 0 Å². The molecule has 17 heavy (non-hydrogen) atoms. The van der Waals surface area contributed by atoms with Crippen LogP contribution in [0.4, 0.5) is 5.82 Å². The molecule has 5 heteroatoms. The Morgan fingerprint density at radius 1 is 1.53 bits per heavy atom. The van der Waals surface area contributed by atoms with Crippen LogP contribution in [0.15, 0.2) is 12.3 Å². The van der Waals surface area contributed by atoms with Crippen LogP contribution < -0.4 is 5.32 Å². The molecule has 0 atom stereocenters. The van der Waals surface area contributed by atoms with E-state index in [-0.39, 0.29) is 11.8 Å². The molecule has 1 amide bonds. The third-order valence-electron chi connectivity index (χ3n) is 2.38. The zero-order chi connectivity index (χ0) is 12.7. The molecule has 1 fully saturated rings. The number of rotatable bonds is 3. The first-order chi connectivity index (χ1) is 8.29. The first kappa shape index (κ1) is 13.6. The summed E-state index contributed by atoms with van der Waals surface area (Å²) in [6, 6.07) is 1.84. The molecule has 1 N–H and O–H groups in total. The summed E-state index contributed by atoms with van der Waals surface area (Å²) in [5.74, 6) is 0.451. The fourth-order valence-electron chi connectivity index (χ4n) is 1.28. The number of hydrogen-bond acceptors (Lipinski definition) is 4. The van der Waals surface area contributed by atoms with E-state index in [9.17, 15) is 4.79 Å². The number of hydrogen-bond donors (Lipinski definition) is 1. The standard InChI is InChI=1S/C10H13N3O2.C2H6/c1-2-7-3-9(13-11-4-7)12-10(14)8-5-15-6-8;1-2/h3-4,8H,2,5-6H2,1H3,(H,12,13,14);1-2H3. The monoisotopic (exact) mass is 237 g/mol. The molecule has 0 aromatic carbocycles. The molecule has 0 bridgehead atoms. The van der Waals surface area contributed by atoms with Gasteiger partial charge in [0.2, 0.25) is 5.91 Å². The SMILES string of the molecule is CC.CCc1cnnc(NC(=O)C2COC2)c1. The van der Waals surface area contributed by atoms with Crippen molar-refractivity contribution in [1.29, 1.82) is 0 Å². The number of carbonyl (C=O) groups excluding carboxylic acids is 1. The first-order valence-corrected chi connectivity index (χ1v) is 6.00. The summed E-state index contributed by atoms with van der Waals surface area (Å²) >= 11 is 0. The lowest BCUT2D eigenvalue weighted by Gasteiger charge is -2.24. The Balaban J connectivity index is 0.000000686. The van der Waals surface area contributed by atoms with Gasteiger partial charge in [0.05, 0.1) is 25.3 Å². The van der Waals surface area contributed by atoms with Crippen molar-refractivity contribution in [3.05, 3.63) is 17.8 Å². The Morgan fingerprint density at radius 2 is 2.24 bits per heavy atom. The van der Waals surface area contributed by atoms with Gasteiger partial charge in [-0.25, -0.2) is 0 Å². The van der Waals surface area contributed by atoms with Gasteiger partial charge in [-0.15, -0.1) is 5.10 Å². The lowest BCUT2D eigenvalue weighted by molar-refractivity contribution is -0.133. The highest BCUT2D eigenvalue weighted by molar-refractivity contribution is 5.92. The van der Waals surface area contributed by atoms with E-state index in [0.29, 0.717) is 19.0 Å². The van der Waals surface area contributed by atoms with Gasteiger partial charge in [0.15, 0.2) is 5.82 Å². The van der Waals surface area contributed by atoms with Gasteiger partial charge in [-0.1, -0.05) is 20.8 Å². The molecule has 94 valence electrons. The molecule has 2 heterocycles. The third kappa shape index (κ3) is 3.78. The smallest absolute Gasteiger partial charge is 0.233 e. The molecule has 0 spiro atoms. The largest absolute Gasteiger partial charge is 0.380 e. The summed E-state index contributed by atoms with van der Waals surface area (Å²) in [5, 5.41) is 10.4. The zero-order valence-corrected chi connectivity index (χ0v) is 10.6. The minimum absolute atomic E-state index is 0.0305. The maximum atomic E-state index is 11.5. The number of carbonyl (C=O) groups is 1. The highest BCUT2D eigenvalue weighted by Gasteiger charge is 2.26. The molecule has 1 aliphatic rings. The van der Waals surface area contributed by atoms with E-state index < -0.39 is 0 Å². The van der Waals surface area contributed by atoms with Gasteiger partial charge in [-0.3, -0.25) is 4.79 Å². The van der Waals surface area contributed by atoms with E-state index in [1.165, 1.54) is 0 Å². The van der Waals surface area contributed by atoms with Crippen LogP contribution in [0.3, 0.4) is 0 Å². The molecule has 1 aromatic heterocycles. The van der Waals surface area contributed by atoms with Crippen molar-refractivity contribution in [1.82, 2.24) is 10.2 Å². The Labute approximate surface area is 102 Å². The summed E-state index contributed by atoms with van der Waals surface area (Å²) in [5.41, 5.74) is 1.06. The van der Waals surface area contributed by atoms with E-state index in [1.807, 2.05) is 26.8 Å². The maximum Gasteiger partial charge on any atom is 0.233 e. The predicted octanol–water partition coefficient (Wildman–Crippen LogP) is 1.65. The van der Waals surface area contributed by atoms with E-state index in [1.54, 1.807) is 6.20 Å². The zero-order valence-electron chi connectivity index (χ0n) is 10.6. The highest BCUT2D eigenvalue weighted by Crippen LogP contribution is 2.13. The molecule has 5 nitrogen and oxygen atoms in total. The Bertz CT molecular complexity index is 365. The summed E-state index contributed by atoms with van der Waals surface area (Å²) in [6.45, 7) is 7.04. The van der Waals surface area contributed by atoms with Crippen molar-refractivity contribution in [2.75, 3.05) is 18.5 Å². The minimum Gasteiger partial charge on any atom is -0.380 e. The summed E-state index contributed by atoms with van der Waals surface area (Å²) < 4.78 is 4.94. The van der Waals surface area contributed by atoms with Crippen LogP contribution in [-0.4, -0.2) is 29.3 Å². The number of aryl methyl sites for hydroxylation is 1. The fraction of sp³-hybridized carbons (Fsp3) is 0.583. The van der Waals surface area contributed by atoms with Crippen LogP contribution in [-0.2, 0) is 16.0 Å². The van der Waals surface area contributed by atoms with Crippen LogP contribution in [0, 0.1) is 5.92 Å². The van der Waals surface area contributed by atoms with Crippen LogP contribution in [0.1, 0.15) is 26.3 Å². The second kappa shape index (κ2) is 6.96. The number of nitrogens with zero attached hydrogens (tertiary/aromatic N) is 2. The summed E-state index contributed by atoms with van der Waals surface area (Å²) in [4.78, 5) is 11.5. The third-order valence-corrected chi connectivity index (χ3v) is 2.38. The molecule has 0 radical (unpaired) electrons. The molecule has 0 unspecified atom stereocenters.